The summed E-state index contributed by atoms with van der Waals surface area (Å²) in [7, 11) is 3.18. The largest absolute Gasteiger partial charge is 0.493 e. The maximum absolute atomic E-state index is 6.14. The predicted octanol–water partition coefficient (Wildman–Crippen LogP) is 2.87. The molecule has 1 aromatic rings. The Labute approximate surface area is 120 Å². The molecule has 0 fully saturated rings. The van der Waals surface area contributed by atoms with Crippen LogP contribution < -0.4 is 14.8 Å². The van der Waals surface area contributed by atoms with Crippen LogP contribution in [0.25, 0.3) is 0 Å². The summed E-state index contributed by atoms with van der Waals surface area (Å²) in [5.74, 6) is 1.23. The third-order valence-corrected chi connectivity index (χ3v) is 2.95. The summed E-state index contributed by atoms with van der Waals surface area (Å²) in [6.07, 6.45) is 0.995. The van der Waals surface area contributed by atoms with Gasteiger partial charge in [0.15, 0.2) is 11.5 Å². The fourth-order valence-corrected chi connectivity index (χ4v) is 2.06. The van der Waals surface area contributed by atoms with Gasteiger partial charge in [-0.15, -0.1) is 0 Å². The SMILES string of the molecule is CCOCCCNCc1cc(Cl)c(OC)c(OC)c1. The molecule has 19 heavy (non-hydrogen) atoms. The minimum absolute atomic E-state index is 0.563. The molecule has 108 valence electrons. The van der Waals surface area contributed by atoms with Crippen molar-refractivity contribution in [3.8, 4) is 11.5 Å². The number of methoxy groups -OCH3 is 2. The van der Waals surface area contributed by atoms with Gasteiger partial charge in [0.05, 0.1) is 19.2 Å². The van der Waals surface area contributed by atoms with Crippen LogP contribution in [-0.2, 0) is 11.3 Å². The first-order chi connectivity index (χ1) is 9.22. The molecule has 1 rings (SSSR count). The van der Waals surface area contributed by atoms with Gasteiger partial charge in [-0.1, -0.05) is 11.6 Å². The first-order valence-corrected chi connectivity index (χ1v) is 6.79. The van der Waals surface area contributed by atoms with Crippen molar-refractivity contribution in [2.75, 3.05) is 34.0 Å². The second-order valence-corrected chi connectivity index (χ2v) is 4.45. The Kier molecular flexibility index (Phi) is 7.63. The van der Waals surface area contributed by atoms with Gasteiger partial charge >= 0.3 is 0 Å². The monoisotopic (exact) mass is 287 g/mol. The Morgan fingerprint density at radius 3 is 2.63 bits per heavy atom. The number of halogens is 1. The smallest absolute Gasteiger partial charge is 0.179 e. The summed E-state index contributed by atoms with van der Waals surface area (Å²) in [5.41, 5.74) is 1.07. The van der Waals surface area contributed by atoms with Crippen LogP contribution >= 0.6 is 11.6 Å². The van der Waals surface area contributed by atoms with E-state index in [0.717, 1.165) is 38.3 Å². The Hall–Kier alpha value is -0.970. The Morgan fingerprint density at radius 2 is 2.00 bits per heavy atom. The van der Waals surface area contributed by atoms with Crippen molar-refractivity contribution in [1.82, 2.24) is 5.32 Å². The predicted molar refractivity (Wildman–Crippen MR) is 77.4 cm³/mol. The van der Waals surface area contributed by atoms with E-state index in [9.17, 15) is 0 Å². The highest BCUT2D eigenvalue weighted by molar-refractivity contribution is 6.32. The number of nitrogens with one attached hydrogen (secondary N) is 1. The quantitative estimate of drug-likeness (QED) is 0.709. The summed E-state index contributed by atoms with van der Waals surface area (Å²) in [5, 5.41) is 3.90. The van der Waals surface area contributed by atoms with E-state index in [1.165, 1.54) is 0 Å². The summed E-state index contributed by atoms with van der Waals surface area (Å²) in [4.78, 5) is 0. The second-order valence-electron chi connectivity index (χ2n) is 4.04. The average Bonchev–Trinajstić information content (AvgIpc) is 2.42. The van der Waals surface area contributed by atoms with Gasteiger partial charge in [0, 0.05) is 19.8 Å². The van der Waals surface area contributed by atoms with Crippen LogP contribution in [0.5, 0.6) is 11.5 Å². The van der Waals surface area contributed by atoms with Crippen molar-refractivity contribution in [3.63, 3.8) is 0 Å². The van der Waals surface area contributed by atoms with Gasteiger partial charge < -0.3 is 19.5 Å². The molecule has 0 aromatic heterocycles. The topological polar surface area (TPSA) is 39.7 Å². The van der Waals surface area contributed by atoms with Crippen molar-refractivity contribution in [2.24, 2.45) is 0 Å². The molecular formula is C14H22ClNO3. The third kappa shape index (κ3) is 5.27. The third-order valence-electron chi connectivity index (χ3n) is 2.67. The maximum Gasteiger partial charge on any atom is 0.179 e. The zero-order valence-electron chi connectivity index (χ0n) is 11.8. The van der Waals surface area contributed by atoms with Crippen molar-refractivity contribution < 1.29 is 14.2 Å². The molecule has 0 unspecified atom stereocenters. The molecule has 0 bridgehead atoms. The fourth-order valence-electron chi connectivity index (χ4n) is 1.75. The molecule has 0 heterocycles. The first kappa shape index (κ1) is 16.1. The molecule has 0 spiro atoms. The molecule has 0 saturated heterocycles. The molecule has 1 N–H and O–H groups in total. The van der Waals surface area contributed by atoms with Crippen molar-refractivity contribution in [2.45, 2.75) is 19.9 Å². The lowest BCUT2D eigenvalue weighted by Gasteiger charge is -2.12. The van der Waals surface area contributed by atoms with E-state index >= 15 is 0 Å². The second kappa shape index (κ2) is 9.02. The summed E-state index contributed by atoms with van der Waals surface area (Å²) in [6, 6.07) is 3.82. The van der Waals surface area contributed by atoms with Crippen molar-refractivity contribution in [3.05, 3.63) is 22.7 Å². The lowest BCUT2D eigenvalue weighted by molar-refractivity contribution is 0.144. The Morgan fingerprint density at radius 1 is 1.21 bits per heavy atom. The van der Waals surface area contributed by atoms with Gasteiger partial charge in [-0.3, -0.25) is 0 Å². The van der Waals surface area contributed by atoms with Crippen LogP contribution in [-0.4, -0.2) is 34.0 Å². The highest BCUT2D eigenvalue weighted by Gasteiger charge is 2.10. The maximum atomic E-state index is 6.14. The molecule has 5 heteroatoms. The van der Waals surface area contributed by atoms with E-state index in [1.807, 2.05) is 19.1 Å². The molecule has 0 aliphatic heterocycles. The molecule has 0 atom stereocenters. The Balaban J connectivity index is 2.48. The summed E-state index contributed by atoms with van der Waals surface area (Å²) >= 11 is 6.14. The van der Waals surface area contributed by atoms with Crippen LogP contribution in [0.1, 0.15) is 18.9 Å². The lowest BCUT2D eigenvalue weighted by atomic mass is 10.2. The van der Waals surface area contributed by atoms with Crippen LogP contribution in [0.2, 0.25) is 5.02 Å². The minimum atomic E-state index is 0.563. The number of rotatable bonds is 9. The van der Waals surface area contributed by atoms with Crippen molar-refractivity contribution in [1.29, 1.82) is 0 Å². The van der Waals surface area contributed by atoms with Crippen LogP contribution in [0.3, 0.4) is 0 Å². The zero-order valence-corrected chi connectivity index (χ0v) is 12.5. The number of hydrogen-bond acceptors (Lipinski definition) is 4. The average molecular weight is 288 g/mol. The number of hydrogen-bond donors (Lipinski definition) is 1. The van der Waals surface area contributed by atoms with Crippen LogP contribution in [0.15, 0.2) is 12.1 Å². The van der Waals surface area contributed by atoms with Crippen LogP contribution in [0, 0.1) is 0 Å². The van der Waals surface area contributed by atoms with E-state index < -0.39 is 0 Å². The molecule has 0 aliphatic rings. The highest BCUT2D eigenvalue weighted by Crippen LogP contribution is 2.35. The molecular weight excluding hydrogens is 266 g/mol. The molecule has 4 nitrogen and oxygen atoms in total. The zero-order chi connectivity index (χ0) is 14.1. The van der Waals surface area contributed by atoms with E-state index in [-0.39, 0.29) is 0 Å². The van der Waals surface area contributed by atoms with Gasteiger partial charge in [-0.25, -0.2) is 0 Å². The lowest BCUT2D eigenvalue weighted by Crippen LogP contribution is -2.16. The van der Waals surface area contributed by atoms with E-state index in [1.54, 1.807) is 14.2 Å². The van der Waals surface area contributed by atoms with Crippen molar-refractivity contribution >= 4 is 11.6 Å². The fraction of sp³-hybridized carbons (Fsp3) is 0.571. The molecule has 0 radical (unpaired) electrons. The van der Waals surface area contributed by atoms with Crippen LogP contribution in [0.4, 0.5) is 0 Å². The first-order valence-electron chi connectivity index (χ1n) is 6.41. The number of ether oxygens (including phenoxy) is 3. The van der Waals surface area contributed by atoms with Gasteiger partial charge in [0.25, 0.3) is 0 Å². The summed E-state index contributed by atoms with van der Waals surface area (Å²) in [6.45, 7) is 5.21. The van der Waals surface area contributed by atoms with E-state index in [0.29, 0.717) is 16.5 Å². The molecule has 0 saturated carbocycles. The Bertz CT molecular complexity index is 385. The van der Waals surface area contributed by atoms with Gasteiger partial charge in [0.2, 0.25) is 0 Å². The molecule has 0 aliphatic carbocycles. The molecule has 1 aromatic carbocycles. The minimum Gasteiger partial charge on any atom is -0.493 e. The van der Waals surface area contributed by atoms with E-state index in [2.05, 4.69) is 5.32 Å². The molecule has 0 amide bonds. The number of benzene rings is 1. The standard InChI is InChI=1S/C14H22ClNO3/c1-4-19-7-5-6-16-10-11-8-12(15)14(18-3)13(9-11)17-2/h8-9,16H,4-7,10H2,1-3H3. The van der Waals surface area contributed by atoms with E-state index in [4.69, 9.17) is 25.8 Å². The normalized spacial score (nSPS) is 10.5. The van der Waals surface area contributed by atoms with Gasteiger partial charge in [0.1, 0.15) is 0 Å². The van der Waals surface area contributed by atoms with Gasteiger partial charge in [-0.2, -0.15) is 0 Å². The highest BCUT2D eigenvalue weighted by atomic mass is 35.5. The van der Waals surface area contributed by atoms with Gasteiger partial charge in [-0.05, 0) is 37.6 Å². The summed E-state index contributed by atoms with van der Waals surface area (Å²) < 4.78 is 15.7.